The first kappa shape index (κ1) is 37.9. The monoisotopic (exact) mass is 794 g/mol. The van der Waals surface area contributed by atoms with Crippen LogP contribution in [0.4, 0.5) is 0 Å². The van der Waals surface area contributed by atoms with Gasteiger partial charge in [0.2, 0.25) is 6.71 Å². The van der Waals surface area contributed by atoms with Gasteiger partial charge >= 0.3 is 0 Å². The molecule has 0 aromatic heterocycles. The summed E-state index contributed by atoms with van der Waals surface area (Å²) in [5.41, 5.74) is 4.06. The normalized spacial score (nSPS) is 11.2. The zero-order chi connectivity index (χ0) is 38.9. The van der Waals surface area contributed by atoms with Crippen molar-refractivity contribution in [1.29, 1.82) is 0 Å². The summed E-state index contributed by atoms with van der Waals surface area (Å²) in [5.74, 6) is 0. The molecule has 58 heavy (non-hydrogen) atoms. The molecule has 0 N–H and O–H groups in total. The van der Waals surface area contributed by atoms with E-state index >= 15 is 0 Å². The number of rotatable bonds is 12. The molecule has 0 aliphatic carbocycles. The zero-order valence-electron chi connectivity index (χ0n) is 32.2. The van der Waals surface area contributed by atoms with Crippen LogP contribution < -0.4 is 64.1 Å². The van der Waals surface area contributed by atoms with Crippen molar-refractivity contribution in [3.8, 4) is 0 Å². The molecule has 0 amide bonds. The minimum absolute atomic E-state index is 0.0594. The Balaban J connectivity index is 1.36. The van der Waals surface area contributed by atoms with Gasteiger partial charge in [0, 0.05) is 0 Å². The van der Waals surface area contributed by atoms with E-state index in [1.165, 1.54) is 64.1 Å². The van der Waals surface area contributed by atoms with E-state index in [0.29, 0.717) is 0 Å². The first-order valence-corrected chi connectivity index (χ1v) is 23.8. The molecule has 0 fully saturated rings. The second-order valence-corrected chi connectivity index (χ2v) is 20.7. The highest BCUT2D eigenvalue weighted by Gasteiger charge is 2.35. The molecule has 4 heteroatoms. The minimum Gasteiger partial charge on any atom is -0.0663 e. The van der Waals surface area contributed by atoms with Crippen LogP contribution in [0.15, 0.2) is 255 Å². The van der Waals surface area contributed by atoms with Gasteiger partial charge in [0.05, 0.1) is 0 Å². The fraction of sp³-hybridized carbons (Fsp3) is 0. The fourth-order valence-corrected chi connectivity index (χ4v) is 15.5. The Morgan fingerprint density at radius 2 is 0.362 bits per heavy atom. The van der Waals surface area contributed by atoms with Gasteiger partial charge in [0.25, 0.3) is 0 Å². The van der Waals surface area contributed by atoms with Gasteiger partial charge in [-0.1, -0.05) is 271 Å². The average Bonchev–Trinajstić information content (AvgIpc) is 3.30. The lowest BCUT2D eigenvalue weighted by Crippen LogP contribution is -2.63. The maximum atomic E-state index is 2.43. The lowest BCUT2D eigenvalue weighted by Gasteiger charge is -2.31. The molecular formula is C54H42BP3. The SMILES string of the molecule is c1ccc(P(c2ccccc2)c2ccccc2B(c2ccccc2P(c2ccccc2)c2ccccc2)c2ccccc2P(c2ccccc2)c2ccccc2)cc1. The Hall–Kier alpha value is -5.67. The van der Waals surface area contributed by atoms with Gasteiger partial charge < -0.3 is 0 Å². The van der Waals surface area contributed by atoms with Crippen molar-refractivity contribution in [3.63, 3.8) is 0 Å². The van der Waals surface area contributed by atoms with E-state index < -0.39 is 23.8 Å². The van der Waals surface area contributed by atoms with E-state index in [2.05, 4.69) is 255 Å². The van der Waals surface area contributed by atoms with Crippen molar-refractivity contribution < 1.29 is 0 Å². The standard InChI is InChI=1S/C54H42BP3/c1-7-25-43(26-8-1)56(44-27-9-2-10-28-44)52-40-22-19-37-49(52)55(50-38-20-23-41-53(50)57(45-29-11-3-12-30-45)46-31-13-4-14-32-46)51-39-21-24-42-54(51)58(47-33-15-5-16-34-47)48-35-17-6-18-36-48/h1-42H. The molecule has 0 saturated carbocycles. The average molecular weight is 795 g/mol. The summed E-state index contributed by atoms with van der Waals surface area (Å²) in [7, 11) is -2.68. The summed E-state index contributed by atoms with van der Waals surface area (Å²) < 4.78 is 0. The Morgan fingerprint density at radius 3 is 0.569 bits per heavy atom. The summed E-state index contributed by atoms with van der Waals surface area (Å²) in [4.78, 5) is 0. The summed E-state index contributed by atoms with van der Waals surface area (Å²) in [6, 6.07) is 95.0. The van der Waals surface area contributed by atoms with Crippen molar-refractivity contribution >= 4 is 94.6 Å². The van der Waals surface area contributed by atoms with E-state index in [0.717, 1.165) is 0 Å². The lowest BCUT2D eigenvalue weighted by molar-refractivity contribution is 1.73. The van der Waals surface area contributed by atoms with E-state index in [1.807, 2.05) is 0 Å². The van der Waals surface area contributed by atoms with Crippen LogP contribution in [-0.4, -0.2) is 6.71 Å². The third-order valence-electron chi connectivity index (χ3n) is 10.6. The molecule has 0 saturated heterocycles. The van der Waals surface area contributed by atoms with Crippen molar-refractivity contribution in [1.82, 2.24) is 0 Å². The Labute approximate surface area is 347 Å². The molecule has 0 atom stereocenters. The maximum Gasteiger partial charge on any atom is 0.243 e. The van der Waals surface area contributed by atoms with E-state index in [-0.39, 0.29) is 6.71 Å². The molecule has 9 rings (SSSR count). The van der Waals surface area contributed by atoms with Crippen LogP contribution in [0, 0.1) is 0 Å². The smallest absolute Gasteiger partial charge is 0.0663 e. The highest BCUT2D eigenvalue weighted by molar-refractivity contribution is 7.81. The molecule has 0 unspecified atom stereocenters. The zero-order valence-corrected chi connectivity index (χ0v) is 34.9. The van der Waals surface area contributed by atoms with Crippen LogP contribution in [0.1, 0.15) is 0 Å². The molecule has 0 bridgehead atoms. The molecule has 9 aromatic carbocycles. The molecule has 0 radical (unpaired) electrons. The Morgan fingerprint density at radius 1 is 0.190 bits per heavy atom. The third kappa shape index (κ3) is 8.05. The van der Waals surface area contributed by atoms with Crippen LogP contribution in [-0.2, 0) is 0 Å². The molecule has 0 spiro atoms. The van der Waals surface area contributed by atoms with Crippen LogP contribution in [0.2, 0.25) is 0 Å². The maximum absolute atomic E-state index is 2.43. The van der Waals surface area contributed by atoms with Crippen molar-refractivity contribution in [2.45, 2.75) is 0 Å². The lowest BCUT2D eigenvalue weighted by atomic mass is 9.36. The molecule has 276 valence electrons. The van der Waals surface area contributed by atoms with Crippen LogP contribution in [0.5, 0.6) is 0 Å². The highest BCUT2D eigenvalue weighted by atomic mass is 31.1. The van der Waals surface area contributed by atoms with Gasteiger partial charge in [0.1, 0.15) is 0 Å². The first-order valence-electron chi connectivity index (χ1n) is 19.8. The highest BCUT2D eigenvalue weighted by Crippen LogP contribution is 2.35. The van der Waals surface area contributed by atoms with Gasteiger partial charge in [0.15, 0.2) is 0 Å². The quantitative estimate of drug-likeness (QED) is 0.0890. The molecule has 0 aliphatic rings. The third-order valence-corrected chi connectivity index (χ3v) is 18.1. The molecule has 0 nitrogen and oxygen atoms in total. The summed E-state index contributed by atoms with van der Waals surface area (Å²) in [5, 5.41) is 12.3. The van der Waals surface area contributed by atoms with Gasteiger partial charge in [-0.3, -0.25) is 0 Å². The number of hydrogen-bond donors (Lipinski definition) is 0. The predicted octanol–water partition coefficient (Wildman–Crippen LogP) is 7.48. The Kier molecular flexibility index (Phi) is 11.9. The molecular weight excluding hydrogens is 752 g/mol. The van der Waals surface area contributed by atoms with Crippen LogP contribution >= 0.6 is 23.8 Å². The molecule has 0 heterocycles. The van der Waals surface area contributed by atoms with Gasteiger partial charge in [-0.2, -0.15) is 0 Å². The largest absolute Gasteiger partial charge is 0.243 e. The van der Waals surface area contributed by atoms with Gasteiger partial charge in [-0.15, -0.1) is 0 Å². The summed E-state index contributed by atoms with van der Waals surface area (Å²) in [6.07, 6.45) is 0. The molecule has 9 aromatic rings. The van der Waals surface area contributed by atoms with Gasteiger partial charge in [-0.05, 0) is 71.5 Å². The fourth-order valence-electron chi connectivity index (χ4n) is 8.05. The van der Waals surface area contributed by atoms with Crippen LogP contribution in [0.3, 0.4) is 0 Å². The van der Waals surface area contributed by atoms with Crippen molar-refractivity contribution in [2.75, 3.05) is 0 Å². The molecule has 0 aliphatic heterocycles. The van der Waals surface area contributed by atoms with E-state index in [9.17, 15) is 0 Å². The van der Waals surface area contributed by atoms with Crippen molar-refractivity contribution in [2.24, 2.45) is 0 Å². The topological polar surface area (TPSA) is 0 Å². The minimum atomic E-state index is -0.895. The number of hydrogen-bond acceptors (Lipinski definition) is 0. The number of benzene rings is 9. The first-order chi connectivity index (χ1) is 28.8. The second kappa shape index (κ2) is 18.3. The summed E-state index contributed by atoms with van der Waals surface area (Å²) in [6.45, 7) is -0.0594. The predicted molar refractivity (Wildman–Crippen MR) is 260 cm³/mol. The van der Waals surface area contributed by atoms with E-state index in [4.69, 9.17) is 0 Å². The second-order valence-electron chi connectivity index (χ2n) is 14.1. The Bertz CT molecular complexity index is 2260. The van der Waals surface area contributed by atoms with E-state index in [1.54, 1.807) is 0 Å². The van der Waals surface area contributed by atoms with Crippen molar-refractivity contribution in [3.05, 3.63) is 255 Å². The van der Waals surface area contributed by atoms with Crippen LogP contribution in [0.25, 0.3) is 0 Å². The summed E-state index contributed by atoms with van der Waals surface area (Å²) >= 11 is 0. The van der Waals surface area contributed by atoms with Gasteiger partial charge in [-0.25, -0.2) is 0 Å².